The second-order valence-electron chi connectivity index (χ2n) is 4.76. The molecule has 0 saturated heterocycles. The Morgan fingerprint density at radius 2 is 1.93 bits per heavy atom. The van der Waals surface area contributed by atoms with Crippen LogP contribution in [0.1, 0.15) is 41.0 Å². The lowest BCUT2D eigenvalue weighted by Gasteiger charge is -2.30. The molecule has 0 saturated carbocycles. The topological polar surface area (TPSA) is 26.3 Å². The quantitative estimate of drug-likeness (QED) is 0.499. The molecule has 2 nitrogen and oxygen atoms in total. The fraction of sp³-hybridized carbons (Fsp3) is 0.909. The first-order valence-corrected chi connectivity index (χ1v) is 5.24. The third-order valence-corrected chi connectivity index (χ3v) is 2.18. The molecule has 0 aromatic heterocycles. The number of carbonyl (C=O) groups excluding carboxylic acids is 1. The highest BCUT2D eigenvalue weighted by Gasteiger charge is 2.32. The van der Waals surface area contributed by atoms with Crippen LogP contribution in [0.25, 0.3) is 0 Å². The Hall–Kier alpha value is -0.465. The zero-order chi connectivity index (χ0) is 11.4. The van der Waals surface area contributed by atoms with Crippen LogP contribution in [0.4, 0.5) is 0 Å². The molecule has 0 aliphatic carbocycles. The Labute approximate surface area is 88.8 Å². The van der Waals surface area contributed by atoms with E-state index in [0.29, 0.717) is 12.5 Å². The number of hydrogen-bond donors (Lipinski definition) is 0. The Morgan fingerprint density at radius 1 is 1.43 bits per heavy atom. The molecule has 0 rings (SSSR count). The van der Waals surface area contributed by atoms with Crippen LogP contribution in [0.3, 0.4) is 0 Å². The van der Waals surface area contributed by atoms with Crippen LogP contribution < -0.4 is 0 Å². The summed E-state index contributed by atoms with van der Waals surface area (Å²) in [4.78, 5) is 11.6. The number of esters is 1. The van der Waals surface area contributed by atoms with Gasteiger partial charge in [0.05, 0.1) is 20.4 Å². The molecule has 1 atom stereocenters. The lowest BCUT2D eigenvalue weighted by atomic mass is 9.61. The van der Waals surface area contributed by atoms with E-state index in [2.05, 4.69) is 13.8 Å². The first-order chi connectivity index (χ1) is 6.29. The normalized spacial score (nSPS) is 14.1. The van der Waals surface area contributed by atoms with Gasteiger partial charge in [-0.1, -0.05) is 33.0 Å². The van der Waals surface area contributed by atoms with Gasteiger partial charge in [0.25, 0.3) is 0 Å². The van der Waals surface area contributed by atoms with Crippen molar-refractivity contribution >= 4 is 13.8 Å². The minimum absolute atomic E-state index is 0.172. The Morgan fingerprint density at radius 3 is 2.21 bits per heavy atom. The molecule has 14 heavy (non-hydrogen) atoms. The van der Waals surface area contributed by atoms with Gasteiger partial charge in [-0.15, -0.1) is 0 Å². The van der Waals surface area contributed by atoms with Crippen molar-refractivity contribution in [3.63, 3.8) is 0 Å². The van der Waals surface area contributed by atoms with Gasteiger partial charge in [0.2, 0.25) is 0 Å². The van der Waals surface area contributed by atoms with Gasteiger partial charge in [0.1, 0.15) is 0 Å². The summed E-state index contributed by atoms with van der Waals surface area (Å²) in [5.41, 5.74) is 0. The SMILES string of the molecule is [B]C(C)(C)C(CC(C)C)C(=O)OCC. The number of hydrogen-bond acceptors (Lipinski definition) is 2. The summed E-state index contributed by atoms with van der Waals surface area (Å²) in [5.74, 6) is 0.0726. The maximum atomic E-state index is 11.6. The van der Waals surface area contributed by atoms with E-state index in [1.54, 1.807) is 0 Å². The van der Waals surface area contributed by atoms with E-state index in [0.717, 1.165) is 6.42 Å². The molecule has 0 bridgehead atoms. The van der Waals surface area contributed by atoms with Crippen molar-refractivity contribution in [1.29, 1.82) is 0 Å². The zero-order valence-corrected chi connectivity index (χ0v) is 9.96. The molecule has 0 aromatic rings. The van der Waals surface area contributed by atoms with Crippen molar-refractivity contribution in [1.82, 2.24) is 0 Å². The average Bonchev–Trinajstić information content (AvgIpc) is 1.98. The second-order valence-corrected chi connectivity index (χ2v) is 4.76. The predicted octanol–water partition coefficient (Wildman–Crippen LogP) is 2.58. The summed E-state index contributed by atoms with van der Waals surface area (Å²) in [6, 6.07) is 0. The van der Waals surface area contributed by atoms with Crippen LogP contribution in [0.5, 0.6) is 0 Å². The molecule has 0 N–H and O–H groups in total. The van der Waals surface area contributed by atoms with Crippen LogP contribution in [0.2, 0.25) is 5.31 Å². The Bertz CT molecular complexity index is 182. The van der Waals surface area contributed by atoms with Crippen molar-refractivity contribution in [2.24, 2.45) is 11.8 Å². The smallest absolute Gasteiger partial charge is 0.308 e. The maximum Gasteiger partial charge on any atom is 0.308 e. The van der Waals surface area contributed by atoms with Crippen LogP contribution in [0, 0.1) is 11.8 Å². The highest BCUT2D eigenvalue weighted by atomic mass is 16.5. The highest BCUT2D eigenvalue weighted by molar-refractivity contribution is 6.16. The lowest BCUT2D eigenvalue weighted by Crippen LogP contribution is -2.29. The van der Waals surface area contributed by atoms with Crippen molar-refractivity contribution in [2.45, 2.75) is 46.4 Å². The Balaban J connectivity index is 4.47. The van der Waals surface area contributed by atoms with E-state index in [1.165, 1.54) is 0 Å². The summed E-state index contributed by atoms with van der Waals surface area (Å²) in [7, 11) is 5.96. The molecular formula is C11H21BO2. The standard InChI is InChI=1S/C11H21BO2/c1-6-14-10(13)9(7-8(2)3)11(4,5)12/h8-9H,6-7H2,1-5H3. The number of carbonyl (C=O) groups is 1. The van der Waals surface area contributed by atoms with Crippen molar-refractivity contribution in [2.75, 3.05) is 6.61 Å². The second kappa shape index (κ2) is 5.42. The van der Waals surface area contributed by atoms with Crippen LogP contribution in [-0.4, -0.2) is 20.4 Å². The predicted molar refractivity (Wildman–Crippen MR) is 59.4 cm³/mol. The van der Waals surface area contributed by atoms with E-state index in [-0.39, 0.29) is 11.9 Å². The van der Waals surface area contributed by atoms with Crippen molar-refractivity contribution in [3.05, 3.63) is 0 Å². The highest BCUT2D eigenvalue weighted by Crippen LogP contribution is 2.35. The molecule has 1 unspecified atom stereocenters. The van der Waals surface area contributed by atoms with Crippen LogP contribution >= 0.6 is 0 Å². The summed E-state index contributed by atoms with van der Waals surface area (Å²) in [6.07, 6.45) is 0.780. The average molecular weight is 196 g/mol. The van der Waals surface area contributed by atoms with E-state index in [4.69, 9.17) is 12.6 Å². The van der Waals surface area contributed by atoms with Gasteiger partial charge in [-0.3, -0.25) is 4.79 Å². The molecule has 0 aliphatic rings. The minimum Gasteiger partial charge on any atom is -0.466 e. The van der Waals surface area contributed by atoms with Crippen LogP contribution in [-0.2, 0) is 9.53 Å². The molecule has 3 heteroatoms. The molecule has 2 radical (unpaired) electrons. The van der Waals surface area contributed by atoms with E-state index in [9.17, 15) is 4.79 Å². The van der Waals surface area contributed by atoms with Gasteiger partial charge in [-0.2, -0.15) is 0 Å². The zero-order valence-electron chi connectivity index (χ0n) is 9.96. The molecule has 0 amide bonds. The molecule has 80 valence electrons. The summed E-state index contributed by atoms with van der Waals surface area (Å²) < 4.78 is 5.01. The minimum atomic E-state index is -0.503. The van der Waals surface area contributed by atoms with Crippen molar-refractivity contribution in [3.8, 4) is 0 Å². The summed E-state index contributed by atoms with van der Waals surface area (Å²) in [6.45, 7) is 10.1. The molecule has 0 fully saturated rings. The Kier molecular flexibility index (Phi) is 5.24. The van der Waals surface area contributed by atoms with Gasteiger partial charge < -0.3 is 4.74 Å². The van der Waals surface area contributed by atoms with Crippen LogP contribution in [0.15, 0.2) is 0 Å². The van der Waals surface area contributed by atoms with Gasteiger partial charge in [0, 0.05) is 0 Å². The fourth-order valence-corrected chi connectivity index (χ4v) is 1.42. The van der Waals surface area contributed by atoms with E-state index < -0.39 is 5.31 Å². The fourth-order valence-electron chi connectivity index (χ4n) is 1.42. The molecular weight excluding hydrogens is 175 g/mol. The third kappa shape index (κ3) is 4.68. The van der Waals surface area contributed by atoms with Gasteiger partial charge >= 0.3 is 5.97 Å². The number of ether oxygens (including phenoxy) is 1. The first kappa shape index (κ1) is 13.5. The monoisotopic (exact) mass is 196 g/mol. The third-order valence-electron chi connectivity index (χ3n) is 2.18. The van der Waals surface area contributed by atoms with Gasteiger partial charge in [0.15, 0.2) is 0 Å². The van der Waals surface area contributed by atoms with E-state index in [1.807, 2.05) is 20.8 Å². The van der Waals surface area contributed by atoms with E-state index >= 15 is 0 Å². The molecule has 0 heterocycles. The largest absolute Gasteiger partial charge is 0.466 e. The molecule has 0 aliphatic heterocycles. The maximum absolute atomic E-state index is 11.6. The molecule has 0 aromatic carbocycles. The summed E-state index contributed by atoms with van der Waals surface area (Å²) in [5, 5.41) is -0.503. The number of rotatable bonds is 5. The van der Waals surface area contributed by atoms with Gasteiger partial charge in [-0.05, 0) is 19.3 Å². The summed E-state index contributed by atoms with van der Waals surface area (Å²) >= 11 is 0. The van der Waals surface area contributed by atoms with Crippen molar-refractivity contribution < 1.29 is 9.53 Å². The first-order valence-electron chi connectivity index (χ1n) is 5.24. The lowest BCUT2D eigenvalue weighted by molar-refractivity contribution is -0.149. The molecule has 0 spiro atoms. The van der Waals surface area contributed by atoms with Gasteiger partial charge in [-0.25, -0.2) is 0 Å².